The summed E-state index contributed by atoms with van der Waals surface area (Å²) < 4.78 is 5.43. The first-order valence-electron chi connectivity index (χ1n) is 8.63. The summed E-state index contributed by atoms with van der Waals surface area (Å²) in [7, 11) is 0. The van der Waals surface area contributed by atoms with Crippen molar-refractivity contribution in [1.82, 2.24) is 4.90 Å². The van der Waals surface area contributed by atoms with Crippen molar-refractivity contribution in [2.24, 2.45) is 0 Å². The fourth-order valence-electron chi connectivity index (χ4n) is 2.87. The zero-order valence-corrected chi connectivity index (χ0v) is 16.7. The molecule has 144 valence electrons. The maximum absolute atomic E-state index is 12.9. The van der Waals surface area contributed by atoms with E-state index in [1.807, 2.05) is 6.92 Å². The highest BCUT2D eigenvalue weighted by atomic mass is 35.5. The van der Waals surface area contributed by atoms with Gasteiger partial charge in [-0.15, -0.1) is 6.58 Å². The minimum atomic E-state index is -0.445. The number of benzene rings is 2. The molecule has 28 heavy (non-hydrogen) atoms. The molecular formula is C21H18Cl2N2O3. The van der Waals surface area contributed by atoms with Crippen LogP contribution < -0.4 is 10.1 Å². The Bertz CT molecular complexity index is 968. The van der Waals surface area contributed by atoms with Crippen molar-refractivity contribution in [3.05, 3.63) is 76.4 Å². The molecule has 2 aromatic rings. The summed E-state index contributed by atoms with van der Waals surface area (Å²) in [5.41, 5.74) is 1.43. The first-order valence-corrected chi connectivity index (χ1v) is 9.38. The largest absolute Gasteiger partial charge is 0.494 e. The molecule has 1 aliphatic heterocycles. The second-order valence-corrected chi connectivity index (χ2v) is 6.81. The monoisotopic (exact) mass is 416 g/mol. The molecule has 2 amide bonds. The molecule has 7 heteroatoms. The Morgan fingerprint density at radius 3 is 2.43 bits per heavy atom. The molecule has 0 saturated carbocycles. The molecule has 3 rings (SSSR count). The van der Waals surface area contributed by atoms with Crippen LogP contribution in [0.4, 0.5) is 5.69 Å². The standard InChI is InChI=1S/C21H18Cl2N2O3/c1-3-11-25-20(26)18(16-10-5-13(22)12-17(16)23)19(21(25)27)24-14-6-8-15(9-7-14)28-4-2/h3,5-10,12,24H,1,4,11H2,2H3. The van der Waals surface area contributed by atoms with Gasteiger partial charge in [-0.3, -0.25) is 14.5 Å². The normalized spacial score (nSPS) is 13.9. The number of anilines is 1. The van der Waals surface area contributed by atoms with Crippen molar-refractivity contribution < 1.29 is 14.3 Å². The summed E-state index contributed by atoms with van der Waals surface area (Å²) in [6.07, 6.45) is 1.50. The van der Waals surface area contributed by atoms with Crippen LogP contribution in [0.25, 0.3) is 5.57 Å². The van der Waals surface area contributed by atoms with Gasteiger partial charge in [0.05, 0.1) is 17.2 Å². The van der Waals surface area contributed by atoms with Crippen LogP contribution >= 0.6 is 23.2 Å². The Morgan fingerprint density at radius 2 is 1.82 bits per heavy atom. The second kappa shape index (κ2) is 8.50. The fraction of sp³-hybridized carbons (Fsp3) is 0.143. The number of ether oxygens (including phenoxy) is 1. The lowest BCUT2D eigenvalue weighted by molar-refractivity contribution is -0.136. The van der Waals surface area contributed by atoms with E-state index >= 15 is 0 Å². The molecule has 0 aromatic heterocycles. The maximum Gasteiger partial charge on any atom is 0.278 e. The van der Waals surface area contributed by atoms with Crippen molar-refractivity contribution in [3.8, 4) is 5.75 Å². The van der Waals surface area contributed by atoms with Crippen LogP contribution in [0.3, 0.4) is 0 Å². The second-order valence-electron chi connectivity index (χ2n) is 5.97. The zero-order valence-electron chi connectivity index (χ0n) is 15.2. The molecule has 0 unspecified atom stereocenters. The van der Waals surface area contributed by atoms with Crippen molar-refractivity contribution in [1.29, 1.82) is 0 Å². The van der Waals surface area contributed by atoms with Crippen molar-refractivity contribution >= 4 is 46.3 Å². The van der Waals surface area contributed by atoms with Crippen LogP contribution in [0, 0.1) is 0 Å². The number of halogens is 2. The van der Waals surface area contributed by atoms with Gasteiger partial charge in [0.2, 0.25) is 0 Å². The van der Waals surface area contributed by atoms with Gasteiger partial charge < -0.3 is 10.1 Å². The van der Waals surface area contributed by atoms with Gasteiger partial charge in [0.25, 0.3) is 11.8 Å². The lowest BCUT2D eigenvalue weighted by Crippen LogP contribution is -2.32. The molecule has 0 spiro atoms. The molecule has 0 fully saturated rings. The lowest BCUT2D eigenvalue weighted by atomic mass is 10.0. The predicted octanol–water partition coefficient (Wildman–Crippen LogP) is 4.77. The van der Waals surface area contributed by atoms with Crippen LogP contribution in [-0.4, -0.2) is 29.9 Å². The minimum Gasteiger partial charge on any atom is -0.494 e. The van der Waals surface area contributed by atoms with E-state index in [2.05, 4.69) is 11.9 Å². The molecule has 5 nitrogen and oxygen atoms in total. The minimum absolute atomic E-state index is 0.0980. The first-order chi connectivity index (χ1) is 13.5. The summed E-state index contributed by atoms with van der Waals surface area (Å²) in [4.78, 5) is 26.9. The van der Waals surface area contributed by atoms with Crippen molar-refractivity contribution in [3.63, 3.8) is 0 Å². The molecule has 1 aliphatic rings. The number of rotatable bonds is 7. The van der Waals surface area contributed by atoms with E-state index in [1.165, 1.54) is 12.1 Å². The number of carbonyl (C=O) groups excluding carboxylic acids is 2. The number of amides is 2. The van der Waals surface area contributed by atoms with Gasteiger partial charge in [0.1, 0.15) is 11.4 Å². The third kappa shape index (κ3) is 3.91. The van der Waals surface area contributed by atoms with E-state index in [4.69, 9.17) is 27.9 Å². The van der Waals surface area contributed by atoms with E-state index in [0.717, 1.165) is 4.90 Å². The molecule has 0 aliphatic carbocycles. The summed E-state index contributed by atoms with van der Waals surface area (Å²) in [5.74, 6) is -0.174. The zero-order chi connectivity index (χ0) is 20.3. The molecule has 1 N–H and O–H groups in total. The average Bonchev–Trinajstić information content (AvgIpc) is 2.89. The number of nitrogens with zero attached hydrogens (tertiary/aromatic N) is 1. The Morgan fingerprint density at radius 1 is 1.11 bits per heavy atom. The molecule has 2 aromatic carbocycles. The van der Waals surface area contributed by atoms with Crippen LogP contribution in [0.15, 0.2) is 60.8 Å². The van der Waals surface area contributed by atoms with Crippen LogP contribution in [0.1, 0.15) is 12.5 Å². The highest BCUT2D eigenvalue weighted by molar-refractivity contribution is 6.41. The van der Waals surface area contributed by atoms with Crippen LogP contribution in [0.5, 0.6) is 5.75 Å². The van der Waals surface area contributed by atoms with Crippen molar-refractivity contribution in [2.75, 3.05) is 18.5 Å². The topological polar surface area (TPSA) is 58.6 Å². The van der Waals surface area contributed by atoms with Crippen molar-refractivity contribution in [2.45, 2.75) is 6.92 Å². The summed E-state index contributed by atoms with van der Waals surface area (Å²) in [6.45, 7) is 6.17. The van der Waals surface area contributed by atoms with Gasteiger partial charge in [0.15, 0.2) is 0 Å². The lowest BCUT2D eigenvalue weighted by Gasteiger charge is -2.12. The van der Waals surface area contributed by atoms with E-state index in [1.54, 1.807) is 36.4 Å². The van der Waals surface area contributed by atoms with Gasteiger partial charge in [-0.25, -0.2) is 0 Å². The van der Waals surface area contributed by atoms with Crippen LogP contribution in [-0.2, 0) is 9.59 Å². The Labute approximate surface area is 173 Å². The van der Waals surface area contributed by atoms with E-state index in [-0.39, 0.29) is 22.8 Å². The molecule has 0 radical (unpaired) electrons. The van der Waals surface area contributed by atoms with Gasteiger partial charge in [-0.2, -0.15) is 0 Å². The highest BCUT2D eigenvalue weighted by Crippen LogP contribution is 2.35. The quantitative estimate of drug-likeness (QED) is 0.521. The third-order valence-electron chi connectivity index (χ3n) is 4.11. The molecule has 1 heterocycles. The Kier molecular flexibility index (Phi) is 6.07. The summed E-state index contributed by atoms with van der Waals surface area (Å²) in [5, 5.41) is 3.78. The molecule has 0 bridgehead atoms. The predicted molar refractivity (Wildman–Crippen MR) is 112 cm³/mol. The van der Waals surface area contributed by atoms with Crippen LogP contribution in [0.2, 0.25) is 10.0 Å². The third-order valence-corrected chi connectivity index (χ3v) is 4.66. The number of carbonyl (C=O) groups is 2. The van der Waals surface area contributed by atoms with E-state index in [0.29, 0.717) is 28.6 Å². The molecule has 0 saturated heterocycles. The number of hydrogen-bond donors (Lipinski definition) is 1. The van der Waals surface area contributed by atoms with E-state index in [9.17, 15) is 9.59 Å². The number of hydrogen-bond acceptors (Lipinski definition) is 4. The fourth-order valence-corrected chi connectivity index (χ4v) is 3.38. The Hall–Kier alpha value is -2.76. The molecule has 0 atom stereocenters. The summed E-state index contributed by atoms with van der Waals surface area (Å²) >= 11 is 12.3. The molecular weight excluding hydrogens is 399 g/mol. The van der Waals surface area contributed by atoms with E-state index < -0.39 is 11.8 Å². The smallest absolute Gasteiger partial charge is 0.278 e. The number of imide groups is 1. The average molecular weight is 417 g/mol. The highest BCUT2D eigenvalue weighted by Gasteiger charge is 2.39. The SMILES string of the molecule is C=CCN1C(=O)C(Nc2ccc(OCC)cc2)=C(c2ccc(Cl)cc2Cl)C1=O. The first kappa shape index (κ1) is 20.0. The number of nitrogens with one attached hydrogen (secondary N) is 1. The Balaban J connectivity index is 2.05. The van der Waals surface area contributed by atoms with Gasteiger partial charge in [-0.1, -0.05) is 35.3 Å². The van der Waals surface area contributed by atoms with Gasteiger partial charge >= 0.3 is 0 Å². The van der Waals surface area contributed by atoms with Gasteiger partial charge in [0, 0.05) is 22.8 Å². The summed E-state index contributed by atoms with van der Waals surface area (Å²) in [6, 6.07) is 11.9. The maximum atomic E-state index is 12.9. The van der Waals surface area contributed by atoms with Gasteiger partial charge in [-0.05, 0) is 43.3 Å².